The molecule has 0 saturated heterocycles. The third-order valence-corrected chi connectivity index (χ3v) is 2.45. The molecule has 0 atom stereocenters. The third kappa shape index (κ3) is 6.71. The highest BCUT2D eigenvalue weighted by Gasteiger charge is 2.27. The van der Waals surface area contributed by atoms with Gasteiger partial charge >= 0.3 is 0 Å². The van der Waals surface area contributed by atoms with Gasteiger partial charge in [-0.1, -0.05) is 23.8 Å². The van der Waals surface area contributed by atoms with Gasteiger partial charge in [0, 0.05) is 11.6 Å². The Morgan fingerprint density at radius 1 is 1.15 bits per heavy atom. The van der Waals surface area contributed by atoms with Gasteiger partial charge in [0.15, 0.2) is 0 Å². The highest BCUT2D eigenvalue weighted by Crippen LogP contribution is 2.16. The van der Waals surface area contributed by atoms with Crippen molar-refractivity contribution in [2.45, 2.75) is 67.0 Å². The standard InChI is InChI=1S/C17H30N2O/c1-12(2)10-14(5)11-15(6)16(20)19(17(7,8)9)18-13(3)4/h10-11,13,18H,6H2,1-5,7-9H3/b14-11-. The number of nitrogens with zero attached hydrogens (tertiary/aromatic N) is 1. The molecule has 0 bridgehead atoms. The van der Waals surface area contributed by atoms with Crippen molar-refractivity contribution in [3.8, 4) is 0 Å². The second kappa shape index (κ2) is 7.44. The smallest absolute Gasteiger partial charge is 0.267 e. The van der Waals surface area contributed by atoms with Gasteiger partial charge in [-0.05, 0) is 61.5 Å². The number of nitrogens with one attached hydrogen (secondary N) is 1. The zero-order valence-electron chi connectivity index (χ0n) is 14.3. The molecule has 114 valence electrons. The SMILES string of the molecule is C=C(/C=C(/C)C=C(C)C)C(=O)N(NC(C)C)C(C)(C)C. The fourth-order valence-corrected chi connectivity index (χ4v) is 1.79. The number of carbonyl (C=O) groups excluding carboxylic acids is 1. The van der Waals surface area contributed by atoms with Crippen LogP contribution >= 0.6 is 0 Å². The van der Waals surface area contributed by atoms with Crippen molar-refractivity contribution in [3.63, 3.8) is 0 Å². The Hall–Kier alpha value is -1.35. The maximum atomic E-state index is 12.5. The molecule has 1 amide bonds. The van der Waals surface area contributed by atoms with Gasteiger partial charge in [-0.3, -0.25) is 9.80 Å². The molecule has 0 rings (SSSR count). The van der Waals surface area contributed by atoms with Crippen LogP contribution in [0.25, 0.3) is 0 Å². The number of allylic oxidation sites excluding steroid dienone is 3. The maximum Gasteiger partial charge on any atom is 0.267 e. The topological polar surface area (TPSA) is 32.3 Å². The minimum Gasteiger partial charge on any atom is -0.268 e. The van der Waals surface area contributed by atoms with Gasteiger partial charge in [0.2, 0.25) is 0 Å². The Morgan fingerprint density at radius 2 is 1.65 bits per heavy atom. The predicted octanol–water partition coefficient (Wildman–Crippen LogP) is 4.00. The minimum absolute atomic E-state index is 0.0901. The number of rotatable bonds is 5. The maximum absolute atomic E-state index is 12.5. The Morgan fingerprint density at radius 3 is 2.00 bits per heavy atom. The van der Waals surface area contributed by atoms with Crippen LogP contribution in [0.5, 0.6) is 0 Å². The summed E-state index contributed by atoms with van der Waals surface area (Å²) in [6.07, 6.45) is 3.87. The highest BCUT2D eigenvalue weighted by molar-refractivity contribution is 5.95. The molecule has 0 aliphatic heterocycles. The molecule has 0 radical (unpaired) electrons. The fraction of sp³-hybridized carbons (Fsp3) is 0.588. The molecule has 3 nitrogen and oxygen atoms in total. The average Bonchev–Trinajstić information content (AvgIpc) is 2.21. The molecular formula is C17H30N2O. The summed E-state index contributed by atoms with van der Waals surface area (Å²) in [5.74, 6) is -0.0901. The second-order valence-electron chi connectivity index (χ2n) is 6.73. The molecule has 0 unspecified atom stereocenters. The first-order valence-corrected chi connectivity index (χ1v) is 7.08. The lowest BCUT2D eigenvalue weighted by atomic mass is 10.1. The molecular weight excluding hydrogens is 248 g/mol. The van der Waals surface area contributed by atoms with Crippen molar-refractivity contribution in [3.05, 3.63) is 35.5 Å². The summed E-state index contributed by atoms with van der Waals surface area (Å²) in [6, 6.07) is 0.189. The molecule has 0 aromatic carbocycles. The molecule has 20 heavy (non-hydrogen) atoms. The summed E-state index contributed by atoms with van der Waals surface area (Å²) in [5, 5.41) is 1.66. The predicted molar refractivity (Wildman–Crippen MR) is 87.2 cm³/mol. The van der Waals surface area contributed by atoms with Crippen LogP contribution < -0.4 is 5.43 Å². The Balaban J connectivity index is 5.18. The van der Waals surface area contributed by atoms with Gasteiger partial charge in [-0.25, -0.2) is 5.43 Å². The summed E-state index contributed by atoms with van der Waals surface area (Å²) < 4.78 is 0. The lowest BCUT2D eigenvalue weighted by Gasteiger charge is -2.37. The first kappa shape index (κ1) is 18.7. The number of hydrogen-bond acceptors (Lipinski definition) is 2. The van der Waals surface area contributed by atoms with Gasteiger partial charge in [-0.2, -0.15) is 0 Å². The lowest BCUT2D eigenvalue weighted by Crippen LogP contribution is -2.56. The van der Waals surface area contributed by atoms with Gasteiger partial charge in [-0.15, -0.1) is 0 Å². The number of carbonyl (C=O) groups is 1. The monoisotopic (exact) mass is 278 g/mol. The van der Waals surface area contributed by atoms with E-state index in [0.29, 0.717) is 5.57 Å². The highest BCUT2D eigenvalue weighted by atomic mass is 16.2. The molecule has 0 fully saturated rings. The second-order valence-corrected chi connectivity index (χ2v) is 6.73. The van der Waals surface area contributed by atoms with Crippen molar-refractivity contribution in [2.75, 3.05) is 0 Å². The van der Waals surface area contributed by atoms with Gasteiger partial charge in [0.05, 0.1) is 5.54 Å². The van der Waals surface area contributed by atoms with Crippen LogP contribution in [0, 0.1) is 0 Å². The van der Waals surface area contributed by atoms with E-state index >= 15 is 0 Å². The van der Waals surface area contributed by atoms with E-state index in [9.17, 15) is 4.79 Å². The van der Waals surface area contributed by atoms with Crippen molar-refractivity contribution >= 4 is 5.91 Å². The van der Waals surface area contributed by atoms with E-state index < -0.39 is 0 Å². The Kier molecular flexibility index (Phi) is 6.94. The summed E-state index contributed by atoms with van der Waals surface area (Å²) >= 11 is 0. The van der Waals surface area contributed by atoms with Gasteiger partial charge in [0.1, 0.15) is 0 Å². The summed E-state index contributed by atoms with van der Waals surface area (Å²) in [7, 11) is 0. The van der Waals surface area contributed by atoms with E-state index in [2.05, 4.69) is 12.0 Å². The largest absolute Gasteiger partial charge is 0.268 e. The molecule has 0 aliphatic carbocycles. The molecule has 0 aromatic heterocycles. The van der Waals surface area contributed by atoms with Crippen LogP contribution in [-0.2, 0) is 4.79 Å². The van der Waals surface area contributed by atoms with Crippen LogP contribution in [-0.4, -0.2) is 22.5 Å². The van der Waals surface area contributed by atoms with Crippen molar-refractivity contribution < 1.29 is 4.79 Å². The van der Waals surface area contributed by atoms with Crippen LogP contribution in [0.1, 0.15) is 55.4 Å². The van der Waals surface area contributed by atoms with E-state index in [4.69, 9.17) is 0 Å². The molecule has 0 aliphatic rings. The van der Waals surface area contributed by atoms with Crippen LogP contribution in [0.15, 0.2) is 35.5 Å². The molecule has 0 spiro atoms. The third-order valence-electron chi connectivity index (χ3n) is 2.45. The van der Waals surface area contributed by atoms with E-state index in [1.165, 1.54) is 5.57 Å². The zero-order chi connectivity index (χ0) is 16.1. The van der Waals surface area contributed by atoms with Crippen molar-refractivity contribution in [2.24, 2.45) is 0 Å². The first-order valence-electron chi connectivity index (χ1n) is 7.08. The molecule has 0 heterocycles. The van der Waals surface area contributed by atoms with Crippen LogP contribution in [0.3, 0.4) is 0 Å². The Labute approximate surface area is 124 Å². The summed E-state index contributed by atoms with van der Waals surface area (Å²) in [5.41, 5.74) is 5.61. The molecule has 3 heteroatoms. The van der Waals surface area contributed by atoms with E-state index in [-0.39, 0.29) is 17.5 Å². The van der Waals surface area contributed by atoms with Gasteiger partial charge in [0.25, 0.3) is 5.91 Å². The number of hydrazine groups is 1. The molecule has 0 aromatic rings. The lowest BCUT2D eigenvalue weighted by molar-refractivity contribution is -0.136. The normalized spacial score (nSPS) is 12.3. The van der Waals surface area contributed by atoms with Gasteiger partial charge < -0.3 is 0 Å². The molecule has 1 N–H and O–H groups in total. The minimum atomic E-state index is -0.303. The molecule has 0 saturated carbocycles. The van der Waals surface area contributed by atoms with Crippen LogP contribution in [0.4, 0.5) is 0 Å². The van der Waals surface area contributed by atoms with Crippen LogP contribution in [0.2, 0.25) is 0 Å². The quantitative estimate of drug-likeness (QED) is 0.468. The van der Waals surface area contributed by atoms with E-state index in [0.717, 1.165) is 5.57 Å². The average molecular weight is 278 g/mol. The fourth-order valence-electron chi connectivity index (χ4n) is 1.79. The number of amides is 1. The number of hydrogen-bond donors (Lipinski definition) is 1. The zero-order valence-corrected chi connectivity index (χ0v) is 14.3. The van der Waals surface area contributed by atoms with Crippen molar-refractivity contribution in [1.82, 2.24) is 10.4 Å². The van der Waals surface area contributed by atoms with Crippen molar-refractivity contribution in [1.29, 1.82) is 0 Å². The van der Waals surface area contributed by atoms with E-state index in [1.54, 1.807) is 5.01 Å². The Bertz CT molecular complexity index is 419. The first-order chi connectivity index (χ1) is 8.95. The van der Waals surface area contributed by atoms with E-state index in [1.807, 2.05) is 67.5 Å². The summed E-state index contributed by atoms with van der Waals surface area (Å²) in [4.78, 5) is 12.5. The summed E-state index contributed by atoms with van der Waals surface area (Å²) in [6.45, 7) is 20.0.